The molecular formula is C13H18F2N2O3. The highest BCUT2D eigenvalue weighted by Crippen LogP contribution is 2.14. The van der Waals surface area contributed by atoms with Crippen molar-refractivity contribution in [2.75, 3.05) is 33.4 Å². The van der Waals surface area contributed by atoms with Gasteiger partial charge in [-0.25, -0.2) is 8.78 Å². The Hall–Kier alpha value is -1.73. The van der Waals surface area contributed by atoms with Crippen molar-refractivity contribution in [3.63, 3.8) is 0 Å². The number of nitrogens with one attached hydrogen (secondary N) is 1. The summed E-state index contributed by atoms with van der Waals surface area (Å²) in [5.41, 5.74) is 5.13. The molecule has 0 heterocycles. The quantitative estimate of drug-likeness (QED) is 0.701. The lowest BCUT2D eigenvalue weighted by atomic mass is 10.2. The molecule has 0 saturated carbocycles. The maximum Gasteiger partial charge on any atom is 0.277 e. The molecular weight excluding hydrogens is 270 g/mol. The third-order valence-electron chi connectivity index (χ3n) is 2.46. The molecule has 0 saturated heterocycles. The molecule has 3 N–H and O–H groups in total. The molecule has 0 spiro atoms. The molecule has 0 bridgehead atoms. The summed E-state index contributed by atoms with van der Waals surface area (Å²) in [6, 6.07) is 6.27. The number of alkyl halides is 2. The molecule has 112 valence electrons. The van der Waals surface area contributed by atoms with Crippen LogP contribution in [-0.4, -0.2) is 45.2 Å². The fourth-order valence-electron chi connectivity index (χ4n) is 1.35. The number of carbonyl (C=O) groups is 1. The highest BCUT2D eigenvalue weighted by Gasteiger charge is 2.27. The molecule has 0 fully saturated rings. The van der Waals surface area contributed by atoms with E-state index in [0.29, 0.717) is 19.0 Å². The minimum absolute atomic E-state index is 0.243. The van der Waals surface area contributed by atoms with Crippen LogP contribution in [0.4, 0.5) is 8.78 Å². The van der Waals surface area contributed by atoms with Crippen LogP contribution in [0.3, 0.4) is 0 Å². The molecule has 0 aliphatic heterocycles. The summed E-state index contributed by atoms with van der Waals surface area (Å²) >= 11 is 0. The first-order valence-electron chi connectivity index (χ1n) is 6.06. The number of benzene rings is 1. The second kappa shape index (κ2) is 7.76. The van der Waals surface area contributed by atoms with Crippen molar-refractivity contribution in [1.82, 2.24) is 5.32 Å². The molecule has 1 aromatic carbocycles. The fraction of sp³-hybridized carbons (Fsp3) is 0.462. The van der Waals surface area contributed by atoms with Gasteiger partial charge in [-0.15, -0.1) is 0 Å². The van der Waals surface area contributed by atoms with Crippen molar-refractivity contribution in [1.29, 1.82) is 0 Å². The average Bonchev–Trinajstić information content (AvgIpc) is 2.45. The van der Waals surface area contributed by atoms with Gasteiger partial charge < -0.3 is 20.5 Å². The van der Waals surface area contributed by atoms with Crippen molar-refractivity contribution in [2.45, 2.75) is 5.92 Å². The Bertz CT molecular complexity index is 441. The molecule has 0 aliphatic rings. The highest BCUT2D eigenvalue weighted by atomic mass is 19.3. The van der Waals surface area contributed by atoms with Crippen molar-refractivity contribution in [2.24, 2.45) is 5.73 Å². The molecule has 0 unspecified atom stereocenters. The molecule has 1 aromatic rings. The number of halogens is 2. The molecule has 5 nitrogen and oxygen atoms in total. The van der Waals surface area contributed by atoms with E-state index in [0.717, 1.165) is 0 Å². The highest BCUT2D eigenvalue weighted by molar-refractivity contribution is 5.94. The van der Waals surface area contributed by atoms with Gasteiger partial charge in [-0.3, -0.25) is 4.79 Å². The van der Waals surface area contributed by atoms with Crippen molar-refractivity contribution < 1.29 is 23.0 Å². The van der Waals surface area contributed by atoms with Crippen LogP contribution in [-0.2, 0) is 4.74 Å². The smallest absolute Gasteiger partial charge is 0.277 e. The lowest BCUT2D eigenvalue weighted by Gasteiger charge is -2.14. The Morgan fingerprint density at radius 3 is 2.80 bits per heavy atom. The number of nitrogens with two attached hydrogens (primary N) is 1. The summed E-state index contributed by atoms with van der Waals surface area (Å²) in [5, 5.41) is 2.14. The van der Waals surface area contributed by atoms with Gasteiger partial charge in [0.25, 0.3) is 11.8 Å². The number of hydrogen-bond donors (Lipinski definition) is 2. The van der Waals surface area contributed by atoms with Crippen LogP contribution in [0.15, 0.2) is 24.3 Å². The summed E-state index contributed by atoms with van der Waals surface area (Å²) in [6.45, 7) is -0.851. The van der Waals surface area contributed by atoms with Gasteiger partial charge in [0.05, 0.1) is 19.7 Å². The van der Waals surface area contributed by atoms with Crippen LogP contribution >= 0.6 is 0 Å². The molecule has 0 aliphatic carbocycles. The Balaban J connectivity index is 2.57. The van der Waals surface area contributed by atoms with Crippen LogP contribution < -0.4 is 15.8 Å². The topological polar surface area (TPSA) is 73.6 Å². The predicted molar refractivity (Wildman–Crippen MR) is 70.1 cm³/mol. The first kappa shape index (κ1) is 16.3. The molecule has 1 rings (SSSR count). The third kappa shape index (κ3) is 5.50. The predicted octanol–water partition coefficient (Wildman–Crippen LogP) is 1.04. The van der Waals surface area contributed by atoms with E-state index in [1.54, 1.807) is 19.2 Å². The lowest BCUT2D eigenvalue weighted by Crippen LogP contribution is -2.41. The SMILES string of the molecule is COCCOc1cccc(C(=O)NCC(F)(F)CN)c1. The molecule has 1 amide bonds. The lowest BCUT2D eigenvalue weighted by molar-refractivity contribution is 0.0118. The fourth-order valence-corrected chi connectivity index (χ4v) is 1.35. The summed E-state index contributed by atoms with van der Waals surface area (Å²) in [5.74, 6) is -3.24. The molecule has 7 heteroatoms. The average molecular weight is 288 g/mol. The molecule has 0 atom stereocenters. The summed E-state index contributed by atoms with van der Waals surface area (Å²) in [7, 11) is 1.55. The van der Waals surface area contributed by atoms with E-state index >= 15 is 0 Å². The number of amides is 1. The largest absolute Gasteiger partial charge is 0.491 e. The third-order valence-corrected chi connectivity index (χ3v) is 2.46. The first-order valence-corrected chi connectivity index (χ1v) is 6.06. The summed E-state index contributed by atoms with van der Waals surface area (Å²) in [6.07, 6.45) is 0. The zero-order valence-electron chi connectivity index (χ0n) is 11.2. The van der Waals surface area contributed by atoms with Gasteiger partial charge in [-0.2, -0.15) is 0 Å². The van der Waals surface area contributed by atoms with E-state index in [1.165, 1.54) is 12.1 Å². The standard InChI is InChI=1S/C13H18F2N2O3/c1-19-5-6-20-11-4-2-3-10(7-11)12(18)17-9-13(14,15)8-16/h2-4,7H,5-6,8-9,16H2,1H3,(H,17,18). The monoisotopic (exact) mass is 288 g/mol. The van der Waals surface area contributed by atoms with Crippen LogP contribution in [0.2, 0.25) is 0 Å². The van der Waals surface area contributed by atoms with Crippen LogP contribution in [0.5, 0.6) is 5.75 Å². The number of carbonyl (C=O) groups excluding carboxylic acids is 1. The number of hydrogen-bond acceptors (Lipinski definition) is 4. The van der Waals surface area contributed by atoms with Gasteiger partial charge in [-0.1, -0.05) is 6.07 Å². The summed E-state index contributed by atoms with van der Waals surface area (Å²) < 4.78 is 36.0. The van der Waals surface area contributed by atoms with E-state index in [-0.39, 0.29) is 5.56 Å². The van der Waals surface area contributed by atoms with Gasteiger partial charge in [0.15, 0.2) is 0 Å². The Kier molecular flexibility index (Phi) is 6.33. The molecule has 20 heavy (non-hydrogen) atoms. The van der Waals surface area contributed by atoms with E-state index in [2.05, 4.69) is 5.32 Å². The van der Waals surface area contributed by atoms with Gasteiger partial charge in [0.2, 0.25) is 0 Å². The number of ether oxygens (including phenoxy) is 2. The first-order chi connectivity index (χ1) is 9.48. The second-order valence-electron chi connectivity index (χ2n) is 4.11. The van der Waals surface area contributed by atoms with E-state index < -0.39 is 24.9 Å². The Labute approximate surface area is 116 Å². The van der Waals surface area contributed by atoms with Gasteiger partial charge in [0, 0.05) is 12.7 Å². The Morgan fingerprint density at radius 1 is 1.40 bits per heavy atom. The Morgan fingerprint density at radius 2 is 2.15 bits per heavy atom. The zero-order valence-corrected chi connectivity index (χ0v) is 11.2. The van der Waals surface area contributed by atoms with E-state index in [1.807, 2.05) is 0 Å². The van der Waals surface area contributed by atoms with Gasteiger partial charge in [-0.05, 0) is 18.2 Å². The normalized spacial score (nSPS) is 11.2. The maximum absolute atomic E-state index is 12.9. The maximum atomic E-state index is 12.9. The van der Waals surface area contributed by atoms with Crippen LogP contribution in [0.25, 0.3) is 0 Å². The molecule has 0 radical (unpaired) electrons. The number of methoxy groups -OCH3 is 1. The van der Waals surface area contributed by atoms with Gasteiger partial charge in [0.1, 0.15) is 12.4 Å². The minimum Gasteiger partial charge on any atom is -0.491 e. The van der Waals surface area contributed by atoms with Crippen LogP contribution in [0, 0.1) is 0 Å². The van der Waals surface area contributed by atoms with Gasteiger partial charge >= 0.3 is 0 Å². The zero-order chi connectivity index (χ0) is 15.0. The van der Waals surface area contributed by atoms with E-state index in [9.17, 15) is 13.6 Å². The number of rotatable bonds is 8. The van der Waals surface area contributed by atoms with Crippen molar-refractivity contribution in [3.05, 3.63) is 29.8 Å². The van der Waals surface area contributed by atoms with Crippen LogP contribution in [0.1, 0.15) is 10.4 Å². The second-order valence-corrected chi connectivity index (χ2v) is 4.11. The van der Waals surface area contributed by atoms with Crippen molar-refractivity contribution in [3.8, 4) is 5.75 Å². The molecule has 0 aromatic heterocycles. The summed E-state index contributed by atoms with van der Waals surface area (Å²) in [4.78, 5) is 11.7. The van der Waals surface area contributed by atoms with E-state index in [4.69, 9.17) is 15.2 Å². The minimum atomic E-state index is -3.11. The van der Waals surface area contributed by atoms with Crippen molar-refractivity contribution >= 4 is 5.91 Å².